The molecule has 6 heteroatoms. The first-order valence-corrected chi connectivity index (χ1v) is 6.48. The van der Waals surface area contributed by atoms with E-state index in [0.717, 1.165) is 11.1 Å². The van der Waals surface area contributed by atoms with Crippen LogP contribution in [0.5, 0.6) is 0 Å². The van der Waals surface area contributed by atoms with Crippen LogP contribution in [0.3, 0.4) is 0 Å². The van der Waals surface area contributed by atoms with Gasteiger partial charge in [-0.05, 0) is 36.4 Å². The van der Waals surface area contributed by atoms with Crippen LogP contribution in [-0.2, 0) is 0 Å². The van der Waals surface area contributed by atoms with Crippen LogP contribution in [0.4, 0.5) is 11.4 Å². The first-order chi connectivity index (χ1) is 9.56. The molecule has 2 rings (SSSR count). The Bertz CT molecular complexity index is 621. The van der Waals surface area contributed by atoms with E-state index >= 15 is 0 Å². The predicted molar refractivity (Wildman–Crippen MR) is 86.9 cm³/mol. The first-order valence-electron chi connectivity index (χ1n) is 5.73. The van der Waals surface area contributed by atoms with Gasteiger partial charge in [0.1, 0.15) is 0 Å². The fourth-order valence-electron chi connectivity index (χ4n) is 1.52. The van der Waals surface area contributed by atoms with Crippen molar-refractivity contribution in [2.45, 2.75) is 0 Å². The van der Waals surface area contributed by atoms with Gasteiger partial charge in [0, 0.05) is 32.5 Å². The minimum atomic E-state index is 0.544. The molecule has 0 radical (unpaired) electrons. The Labute approximate surface area is 126 Å². The second-order valence-electron chi connectivity index (χ2n) is 4.04. The normalized spacial score (nSPS) is 11.5. The summed E-state index contributed by atoms with van der Waals surface area (Å²) < 4.78 is 0. The molecule has 2 aromatic rings. The van der Waals surface area contributed by atoms with Crippen LogP contribution in [0.25, 0.3) is 0 Å². The number of anilines is 2. The van der Waals surface area contributed by atoms with Crippen molar-refractivity contribution in [3.63, 3.8) is 0 Å². The highest BCUT2D eigenvalue weighted by atomic mass is 35.5. The molecular formula is C14H12Cl2N4. The Kier molecular flexibility index (Phi) is 4.61. The molecule has 4 nitrogen and oxygen atoms in total. The van der Waals surface area contributed by atoms with Crippen LogP contribution < -0.4 is 11.5 Å². The number of benzene rings is 2. The van der Waals surface area contributed by atoms with Crippen molar-refractivity contribution in [1.29, 1.82) is 0 Å². The number of nitrogens with zero attached hydrogens (tertiary/aromatic N) is 2. The maximum Gasteiger partial charge on any atom is 0.0588 e. The Balaban J connectivity index is 2.11. The summed E-state index contributed by atoms with van der Waals surface area (Å²) in [5, 5.41) is 9.01. The summed E-state index contributed by atoms with van der Waals surface area (Å²) in [6.07, 6.45) is 3.10. The van der Waals surface area contributed by atoms with Gasteiger partial charge in [-0.2, -0.15) is 10.2 Å². The lowest BCUT2D eigenvalue weighted by atomic mass is 10.2. The van der Waals surface area contributed by atoms with Gasteiger partial charge in [0.15, 0.2) is 0 Å². The molecule has 0 aliphatic rings. The number of rotatable bonds is 3. The molecule has 0 aliphatic carbocycles. The lowest BCUT2D eigenvalue weighted by molar-refractivity contribution is 1.26. The van der Waals surface area contributed by atoms with Gasteiger partial charge in [-0.25, -0.2) is 0 Å². The van der Waals surface area contributed by atoms with E-state index < -0.39 is 0 Å². The van der Waals surface area contributed by atoms with Crippen molar-refractivity contribution in [2.75, 3.05) is 11.5 Å². The van der Waals surface area contributed by atoms with Crippen LogP contribution in [0.2, 0.25) is 10.0 Å². The quantitative estimate of drug-likeness (QED) is 0.516. The smallest absolute Gasteiger partial charge is 0.0588 e. The van der Waals surface area contributed by atoms with Crippen LogP contribution in [0.15, 0.2) is 46.6 Å². The second-order valence-corrected chi connectivity index (χ2v) is 4.91. The number of hydrogen-bond acceptors (Lipinski definition) is 4. The molecule has 0 bridgehead atoms. The molecule has 0 saturated heterocycles. The first kappa shape index (κ1) is 14.4. The molecule has 0 aromatic heterocycles. The molecule has 0 aliphatic heterocycles. The van der Waals surface area contributed by atoms with Gasteiger partial charge in [0.2, 0.25) is 0 Å². The zero-order chi connectivity index (χ0) is 14.5. The van der Waals surface area contributed by atoms with Crippen LogP contribution in [0.1, 0.15) is 11.1 Å². The third kappa shape index (κ3) is 3.73. The van der Waals surface area contributed by atoms with Gasteiger partial charge in [-0.1, -0.05) is 23.2 Å². The monoisotopic (exact) mass is 306 g/mol. The molecule has 0 amide bonds. The molecule has 0 atom stereocenters. The molecule has 4 N–H and O–H groups in total. The molecule has 2 aromatic carbocycles. The molecule has 0 heterocycles. The van der Waals surface area contributed by atoms with E-state index in [1.807, 2.05) is 0 Å². The van der Waals surface area contributed by atoms with Crippen LogP contribution in [-0.4, -0.2) is 12.4 Å². The van der Waals surface area contributed by atoms with Crippen molar-refractivity contribution in [3.05, 3.63) is 57.6 Å². The fourth-order valence-corrected chi connectivity index (χ4v) is 1.88. The number of nitrogen functional groups attached to an aromatic ring is 2. The molecular weight excluding hydrogens is 295 g/mol. The molecule has 0 unspecified atom stereocenters. The van der Waals surface area contributed by atoms with E-state index in [-0.39, 0.29) is 0 Å². The summed E-state index contributed by atoms with van der Waals surface area (Å²) in [6.45, 7) is 0. The van der Waals surface area contributed by atoms with E-state index in [1.54, 1.807) is 48.8 Å². The number of halogens is 2. The van der Waals surface area contributed by atoms with E-state index in [9.17, 15) is 0 Å². The molecule has 102 valence electrons. The standard InChI is InChI=1S/C14H12Cl2N4/c15-11-3-1-9(13(17)5-11)7-19-20-8-10-2-4-12(16)6-14(10)18/h1-8H,17-18H2. The molecule has 20 heavy (non-hydrogen) atoms. The van der Waals surface area contributed by atoms with Crippen molar-refractivity contribution in [2.24, 2.45) is 10.2 Å². The summed E-state index contributed by atoms with van der Waals surface area (Å²) in [5.74, 6) is 0. The van der Waals surface area contributed by atoms with E-state index in [4.69, 9.17) is 34.7 Å². The maximum atomic E-state index is 5.81. The topological polar surface area (TPSA) is 76.8 Å². The van der Waals surface area contributed by atoms with Gasteiger partial charge in [0.25, 0.3) is 0 Å². The largest absolute Gasteiger partial charge is 0.398 e. The molecule has 0 spiro atoms. The van der Waals surface area contributed by atoms with Gasteiger partial charge < -0.3 is 11.5 Å². The average Bonchev–Trinajstić information content (AvgIpc) is 2.39. The third-order valence-electron chi connectivity index (χ3n) is 2.56. The lowest BCUT2D eigenvalue weighted by Gasteiger charge is -1.99. The predicted octanol–water partition coefficient (Wildman–Crippen LogP) is 3.61. The summed E-state index contributed by atoms with van der Waals surface area (Å²) in [4.78, 5) is 0. The lowest BCUT2D eigenvalue weighted by Crippen LogP contribution is -1.93. The highest BCUT2D eigenvalue weighted by Crippen LogP contribution is 2.17. The van der Waals surface area contributed by atoms with Gasteiger partial charge >= 0.3 is 0 Å². The highest BCUT2D eigenvalue weighted by molar-refractivity contribution is 6.31. The van der Waals surface area contributed by atoms with Gasteiger partial charge in [-0.15, -0.1) is 0 Å². The molecule has 0 fully saturated rings. The van der Waals surface area contributed by atoms with Crippen LogP contribution >= 0.6 is 23.2 Å². The van der Waals surface area contributed by atoms with E-state index in [1.165, 1.54) is 0 Å². The Morgan fingerprint density at radius 2 is 1.15 bits per heavy atom. The van der Waals surface area contributed by atoms with Gasteiger partial charge in [0.05, 0.1) is 12.4 Å². The van der Waals surface area contributed by atoms with Gasteiger partial charge in [-0.3, -0.25) is 0 Å². The SMILES string of the molecule is Nc1cc(Cl)ccc1C=NN=Cc1ccc(Cl)cc1N. The Morgan fingerprint density at radius 1 is 0.750 bits per heavy atom. The third-order valence-corrected chi connectivity index (χ3v) is 3.03. The zero-order valence-electron chi connectivity index (χ0n) is 10.4. The van der Waals surface area contributed by atoms with Crippen molar-refractivity contribution >= 4 is 47.0 Å². The second kappa shape index (κ2) is 6.41. The summed E-state index contributed by atoms with van der Waals surface area (Å²) in [7, 11) is 0. The minimum Gasteiger partial charge on any atom is -0.398 e. The van der Waals surface area contributed by atoms with Crippen molar-refractivity contribution in [1.82, 2.24) is 0 Å². The van der Waals surface area contributed by atoms with E-state index in [0.29, 0.717) is 21.4 Å². The number of nitrogens with two attached hydrogens (primary N) is 2. The maximum absolute atomic E-state index is 5.81. The Morgan fingerprint density at radius 3 is 1.50 bits per heavy atom. The summed E-state index contributed by atoms with van der Waals surface area (Å²) >= 11 is 11.6. The van der Waals surface area contributed by atoms with Crippen LogP contribution in [0, 0.1) is 0 Å². The van der Waals surface area contributed by atoms with Crippen molar-refractivity contribution < 1.29 is 0 Å². The zero-order valence-corrected chi connectivity index (χ0v) is 11.9. The van der Waals surface area contributed by atoms with E-state index in [2.05, 4.69) is 10.2 Å². The highest BCUT2D eigenvalue weighted by Gasteiger charge is 1.97. The average molecular weight is 307 g/mol. The summed E-state index contributed by atoms with van der Waals surface area (Å²) in [6, 6.07) is 10.3. The van der Waals surface area contributed by atoms with Crippen molar-refractivity contribution in [3.8, 4) is 0 Å². The Hall–Kier alpha value is -2.04. The fraction of sp³-hybridized carbons (Fsp3) is 0. The number of hydrogen-bond donors (Lipinski definition) is 2. The summed E-state index contributed by atoms with van der Waals surface area (Å²) in [5.41, 5.74) is 14.2. The minimum absolute atomic E-state index is 0.544. The molecule has 0 saturated carbocycles.